The summed E-state index contributed by atoms with van der Waals surface area (Å²) < 4.78 is 0. The fourth-order valence-electron chi connectivity index (χ4n) is 2.59. The Labute approximate surface area is 114 Å². The molecule has 2 rings (SSSR count). The second kappa shape index (κ2) is 3.48. The number of aromatic hydroxyl groups is 2. The molecule has 0 saturated carbocycles. The van der Waals surface area contributed by atoms with E-state index in [1.165, 1.54) is 0 Å². The summed E-state index contributed by atoms with van der Waals surface area (Å²) in [6.07, 6.45) is 8.57. The van der Waals surface area contributed by atoms with Crippen molar-refractivity contribution in [2.45, 2.75) is 9.79 Å². The van der Waals surface area contributed by atoms with Crippen molar-refractivity contribution in [1.29, 1.82) is 0 Å². The Bertz CT molecular complexity index is 586. The van der Waals surface area contributed by atoms with Crippen LogP contribution >= 0.6 is 8.29 Å². The van der Waals surface area contributed by atoms with Crippen molar-refractivity contribution in [1.82, 2.24) is 0 Å². The SMILES string of the molecule is CS(C)(C)(C)(c1ccccc1O)c1ccccc1O. The van der Waals surface area contributed by atoms with Crippen LogP contribution in [0.1, 0.15) is 0 Å². The predicted molar refractivity (Wildman–Crippen MR) is 84.0 cm³/mol. The van der Waals surface area contributed by atoms with Crippen LogP contribution in [-0.2, 0) is 0 Å². The summed E-state index contributed by atoms with van der Waals surface area (Å²) in [5.74, 6) is 0.560. The number of hydrogen-bond acceptors (Lipinski definition) is 2. The molecular weight excluding hydrogens is 256 g/mol. The molecule has 0 aromatic heterocycles. The summed E-state index contributed by atoms with van der Waals surface area (Å²) in [5.41, 5.74) is 0. The maximum Gasteiger partial charge on any atom is 0.126 e. The van der Waals surface area contributed by atoms with Crippen LogP contribution in [0.5, 0.6) is 11.5 Å². The molecule has 3 heteroatoms. The highest BCUT2D eigenvalue weighted by Crippen LogP contribution is 2.91. The van der Waals surface area contributed by atoms with Gasteiger partial charge >= 0.3 is 0 Å². The quantitative estimate of drug-likeness (QED) is 0.874. The lowest BCUT2D eigenvalue weighted by Crippen LogP contribution is -2.31. The van der Waals surface area contributed by atoms with Crippen molar-refractivity contribution in [2.24, 2.45) is 0 Å². The van der Waals surface area contributed by atoms with E-state index in [1.54, 1.807) is 12.1 Å². The summed E-state index contributed by atoms with van der Waals surface area (Å²) in [6, 6.07) is 14.8. The third-order valence-electron chi connectivity index (χ3n) is 3.71. The minimum atomic E-state index is -2.98. The van der Waals surface area contributed by atoms with E-state index in [9.17, 15) is 10.2 Å². The van der Waals surface area contributed by atoms with E-state index in [4.69, 9.17) is 0 Å². The number of para-hydroxylation sites is 2. The van der Waals surface area contributed by atoms with Gasteiger partial charge in [-0.25, -0.2) is 8.29 Å². The average Bonchev–Trinajstić information content (AvgIpc) is 2.28. The third-order valence-corrected chi connectivity index (χ3v) is 8.36. The Hall–Kier alpha value is -1.61. The molecule has 2 N–H and O–H groups in total. The molecule has 2 aromatic carbocycles. The minimum absolute atomic E-state index is 0.280. The number of benzene rings is 2. The van der Waals surface area contributed by atoms with E-state index in [-0.39, 0.29) is 11.5 Å². The lowest BCUT2D eigenvalue weighted by atomic mass is 10.3. The third kappa shape index (κ3) is 2.08. The molecular formula is C16H22O2S. The van der Waals surface area contributed by atoms with Crippen LogP contribution in [-0.4, -0.2) is 35.2 Å². The Morgan fingerprint density at radius 1 is 0.632 bits per heavy atom. The van der Waals surface area contributed by atoms with E-state index in [1.807, 2.05) is 36.4 Å². The lowest BCUT2D eigenvalue weighted by Gasteiger charge is -2.69. The first-order valence-electron chi connectivity index (χ1n) is 6.14. The summed E-state index contributed by atoms with van der Waals surface area (Å²) >= 11 is 0. The molecule has 0 aliphatic heterocycles. The van der Waals surface area contributed by atoms with E-state index in [2.05, 4.69) is 25.0 Å². The second-order valence-corrected chi connectivity index (χ2v) is 16.4. The van der Waals surface area contributed by atoms with E-state index < -0.39 is 8.29 Å². The summed E-state index contributed by atoms with van der Waals surface area (Å²) in [5, 5.41) is 20.6. The molecule has 0 bridgehead atoms. The van der Waals surface area contributed by atoms with E-state index in [0.29, 0.717) is 0 Å². The Balaban J connectivity index is 2.89. The molecule has 0 radical (unpaired) electrons. The molecule has 2 aromatic rings. The van der Waals surface area contributed by atoms with Crippen LogP contribution in [0.3, 0.4) is 0 Å². The van der Waals surface area contributed by atoms with Gasteiger partial charge in [-0.15, -0.1) is 0 Å². The van der Waals surface area contributed by atoms with Gasteiger partial charge in [-0.2, -0.15) is 0 Å². The first kappa shape index (κ1) is 13.8. The van der Waals surface area contributed by atoms with Gasteiger partial charge in [0.2, 0.25) is 0 Å². The molecule has 104 valence electrons. The van der Waals surface area contributed by atoms with E-state index >= 15 is 0 Å². The normalized spacial score (nSPS) is 15.6. The first-order chi connectivity index (χ1) is 8.56. The minimum Gasteiger partial charge on any atom is -0.507 e. The largest absolute Gasteiger partial charge is 0.507 e. The van der Waals surface area contributed by atoms with Crippen molar-refractivity contribution in [3.8, 4) is 11.5 Å². The van der Waals surface area contributed by atoms with Gasteiger partial charge in [-0.1, -0.05) is 24.3 Å². The molecule has 0 aliphatic rings. The van der Waals surface area contributed by atoms with E-state index in [0.717, 1.165) is 9.79 Å². The molecule has 0 spiro atoms. The predicted octanol–water partition coefficient (Wildman–Crippen LogP) is 3.91. The van der Waals surface area contributed by atoms with Gasteiger partial charge in [-0.3, -0.25) is 0 Å². The molecule has 0 fully saturated rings. The van der Waals surface area contributed by atoms with Crippen molar-refractivity contribution in [3.63, 3.8) is 0 Å². The van der Waals surface area contributed by atoms with Crippen molar-refractivity contribution in [3.05, 3.63) is 48.5 Å². The molecule has 2 nitrogen and oxygen atoms in total. The fourth-order valence-corrected chi connectivity index (χ4v) is 6.22. The van der Waals surface area contributed by atoms with Crippen LogP contribution in [0, 0.1) is 0 Å². The van der Waals surface area contributed by atoms with Gasteiger partial charge < -0.3 is 10.2 Å². The summed E-state index contributed by atoms with van der Waals surface area (Å²) in [6.45, 7) is 0. The second-order valence-electron chi connectivity index (χ2n) is 7.12. The highest BCUT2D eigenvalue weighted by atomic mass is 32.4. The zero-order valence-corrected chi connectivity index (χ0v) is 12.7. The smallest absolute Gasteiger partial charge is 0.126 e. The molecule has 0 aliphatic carbocycles. The maximum absolute atomic E-state index is 10.3. The van der Waals surface area contributed by atoms with Crippen LogP contribution in [0.25, 0.3) is 0 Å². The topological polar surface area (TPSA) is 40.5 Å². The van der Waals surface area contributed by atoms with Crippen LogP contribution < -0.4 is 0 Å². The van der Waals surface area contributed by atoms with Crippen LogP contribution in [0.2, 0.25) is 0 Å². The first-order valence-corrected chi connectivity index (χ1v) is 10.2. The number of phenolic OH excluding ortho intramolecular Hbond substituents is 2. The number of hydrogen-bond donors (Lipinski definition) is 2. The zero-order valence-electron chi connectivity index (χ0n) is 11.9. The molecule has 0 amide bonds. The Morgan fingerprint density at radius 3 is 1.26 bits per heavy atom. The number of rotatable bonds is 2. The van der Waals surface area contributed by atoms with Crippen LogP contribution in [0.15, 0.2) is 58.3 Å². The summed E-state index contributed by atoms with van der Waals surface area (Å²) in [4.78, 5) is 1.79. The fraction of sp³-hybridized carbons (Fsp3) is 0.250. The Kier molecular flexibility index (Phi) is 2.53. The molecule has 19 heavy (non-hydrogen) atoms. The Morgan fingerprint density at radius 2 is 0.947 bits per heavy atom. The molecule has 0 unspecified atom stereocenters. The van der Waals surface area contributed by atoms with Crippen molar-refractivity contribution < 1.29 is 10.2 Å². The van der Waals surface area contributed by atoms with Gasteiger partial charge in [0.1, 0.15) is 11.5 Å². The number of phenols is 2. The van der Waals surface area contributed by atoms with Gasteiger partial charge in [0.05, 0.1) is 0 Å². The highest BCUT2D eigenvalue weighted by molar-refractivity contribution is 8.63. The van der Waals surface area contributed by atoms with Gasteiger partial charge in [-0.05, 0) is 49.3 Å². The zero-order chi connectivity index (χ0) is 14.4. The van der Waals surface area contributed by atoms with Gasteiger partial charge in [0.15, 0.2) is 0 Å². The average molecular weight is 278 g/mol. The maximum atomic E-state index is 10.3. The van der Waals surface area contributed by atoms with Gasteiger partial charge in [0.25, 0.3) is 0 Å². The summed E-state index contributed by atoms with van der Waals surface area (Å²) in [7, 11) is -2.98. The van der Waals surface area contributed by atoms with Crippen molar-refractivity contribution in [2.75, 3.05) is 25.0 Å². The molecule has 0 heterocycles. The van der Waals surface area contributed by atoms with Crippen LogP contribution in [0.4, 0.5) is 0 Å². The standard InChI is InChI=1S/C16H22O2S/c1-19(2,3,4,15-11-7-5-9-13(15)17)16-12-8-6-10-14(16)18/h5-12,17-18H,1-4H3. The molecule has 0 atom stereocenters. The lowest BCUT2D eigenvalue weighted by molar-refractivity contribution is 0.457. The van der Waals surface area contributed by atoms with Gasteiger partial charge in [0, 0.05) is 9.79 Å². The van der Waals surface area contributed by atoms with Crippen molar-refractivity contribution >= 4 is 8.29 Å². The monoisotopic (exact) mass is 278 g/mol. The highest BCUT2D eigenvalue weighted by Gasteiger charge is 2.49. The molecule has 0 saturated heterocycles.